The molecule has 1 fully saturated rings. The molecule has 1 heterocycles. The van der Waals surface area contributed by atoms with Crippen molar-refractivity contribution in [1.29, 1.82) is 5.26 Å². The van der Waals surface area contributed by atoms with Gasteiger partial charge in [-0.3, -0.25) is 4.79 Å². The van der Waals surface area contributed by atoms with Crippen LogP contribution in [0.15, 0.2) is 48.5 Å². The van der Waals surface area contributed by atoms with Gasteiger partial charge in [0.05, 0.1) is 11.6 Å². The van der Waals surface area contributed by atoms with Crippen molar-refractivity contribution in [2.24, 2.45) is 5.92 Å². The van der Waals surface area contributed by atoms with Crippen molar-refractivity contribution in [3.05, 3.63) is 65.2 Å². The summed E-state index contributed by atoms with van der Waals surface area (Å²) < 4.78 is 5.56. The molecule has 4 nitrogen and oxygen atoms in total. The third-order valence-electron chi connectivity index (χ3n) is 5.27. The number of carbonyl (C=O) groups excluding carboxylic acids is 1. The molecular weight excluding hydrogens is 336 g/mol. The number of amides is 1. The molecule has 3 rings (SSSR count). The van der Waals surface area contributed by atoms with E-state index in [-0.39, 0.29) is 12.5 Å². The molecule has 140 valence electrons. The van der Waals surface area contributed by atoms with Crippen molar-refractivity contribution in [3.8, 4) is 11.8 Å². The number of hydrogen-bond donors (Lipinski definition) is 0. The lowest BCUT2D eigenvalue weighted by atomic mass is 9.90. The van der Waals surface area contributed by atoms with Crippen molar-refractivity contribution in [1.82, 2.24) is 4.90 Å². The van der Waals surface area contributed by atoms with E-state index in [9.17, 15) is 4.79 Å². The van der Waals surface area contributed by atoms with Crippen LogP contribution in [-0.4, -0.2) is 30.5 Å². The minimum Gasteiger partial charge on any atom is -0.484 e. The van der Waals surface area contributed by atoms with E-state index in [1.165, 1.54) is 17.5 Å². The van der Waals surface area contributed by atoms with Crippen LogP contribution in [0, 0.1) is 24.2 Å². The van der Waals surface area contributed by atoms with E-state index in [4.69, 9.17) is 10.00 Å². The highest BCUT2D eigenvalue weighted by molar-refractivity contribution is 5.77. The average Bonchev–Trinajstić information content (AvgIpc) is 2.72. The van der Waals surface area contributed by atoms with Crippen LogP contribution in [0.5, 0.6) is 5.75 Å². The molecule has 27 heavy (non-hydrogen) atoms. The number of nitrogens with zero attached hydrogens (tertiary/aromatic N) is 2. The molecule has 0 atom stereocenters. The van der Waals surface area contributed by atoms with Gasteiger partial charge in [-0.15, -0.1) is 0 Å². The first kappa shape index (κ1) is 19.0. The molecule has 0 unspecified atom stereocenters. The number of piperidine rings is 1. The molecule has 0 aliphatic carbocycles. The number of hydrogen-bond acceptors (Lipinski definition) is 3. The summed E-state index contributed by atoms with van der Waals surface area (Å²) in [5.74, 6) is 1.35. The van der Waals surface area contributed by atoms with Crippen LogP contribution >= 0.6 is 0 Å². The Morgan fingerprint density at radius 3 is 2.41 bits per heavy atom. The van der Waals surface area contributed by atoms with E-state index in [1.54, 1.807) is 24.3 Å². The molecule has 1 saturated heterocycles. The smallest absolute Gasteiger partial charge is 0.260 e. The van der Waals surface area contributed by atoms with E-state index in [0.717, 1.165) is 32.4 Å². The van der Waals surface area contributed by atoms with Crippen LogP contribution in [0.3, 0.4) is 0 Å². The zero-order valence-electron chi connectivity index (χ0n) is 15.9. The quantitative estimate of drug-likeness (QED) is 0.777. The maximum absolute atomic E-state index is 12.4. The Kier molecular flexibility index (Phi) is 6.49. The zero-order chi connectivity index (χ0) is 19.1. The van der Waals surface area contributed by atoms with E-state index >= 15 is 0 Å². The fourth-order valence-corrected chi connectivity index (χ4v) is 3.46. The largest absolute Gasteiger partial charge is 0.484 e. The number of carbonyl (C=O) groups is 1. The predicted octanol–water partition coefficient (Wildman–Crippen LogP) is 4.12. The lowest BCUT2D eigenvalue weighted by Crippen LogP contribution is -2.41. The summed E-state index contributed by atoms with van der Waals surface area (Å²) in [4.78, 5) is 14.3. The average molecular weight is 362 g/mol. The summed E-state index contributed by atoms with van der Waals surface area (Å²) in [6, 6.07) is 17.7. The molecule has 1 aliphatic rings. The third-order valence-corrected chi connectivity index (χ3v) is 5.27. The van der Waals surface area contributed by atoms with Gasteiger partial charge in [0, 0.05) is 13.1 Å². The van der Waals surface area contributed by atoms with Crippen molar-refractivity contribution in [3.63, 3.8) is 0 Å². The Morgan fingerprint density at radius 2 is 1.78 bits per heavy atom. The first-order valence-corrected chi connectivity index (χ1v) is 9.60. The Bertz CT molecular complexity index is 783. The van der Waals surface area contributed by atoms with Crippen LogP contribution in [0.1, 0.15) is 36.0 Å². The van der Waals surface area contributed by atoms with Crippen molar-refractivity contribution in [2.75, 3.05) is 19.7 Å². The van der Waals surface area contributed by atoms with E-state index in [1.807, 2.05) is 4.90 Å². The molecule has 0 spiro atoms. The highest BCUT2D eigenvalue weighted by Crippen LogP contribution is 2.23. The maximum Gasteiger partial charge on any atom is 0.260 e. The molecule has 2 aromatic carbocycles. The van der Waals surface area contributed by atoms with Gasteiger partial charge in [-0.05, 0) is 68.4 Å². The van der Waals surface area contributed by atoms with Gasteiger partial charge in [0.25, 0.3) is 5.91 Å². The molecule has 2 aromatic rings. The zero-order valence-corrected chi connectivity index (χ0v) is 15.9. The number of likely N-dealkylation sites (tertiary alicyclic amines) is 1. The van der Waals surface area contributed by atoms with Crippen molar-refractivity contribution >= 4 is 5.91 Å². The lowest BCUT2D eigenvalue weighted by Gasteiger charge is -2.32. The minimum atomic E-state index is 0.0383. The second-order valence-electron chi connectivity index (χ2n) is 7.27. The van der Waals surface area contributed by atoms with Gasteiger partial charge in [-0.2, -0.15) is 5.26 Å². The Balaban J connectivity index is 1.38. The number of benzene rings is 2. The number of ether oxygens (including phenoxy) is 1. The lowest BCUT2D eigenvalue weighted by molar-refractivity contribution is -0.134. The molecule has 1 amide bonds. The van der Waals surface area contributed by atoms with Crippen molar-refractivity contribution in [2.45, 2.75) is 32.6 Å². The predicted molar refractivity (Wildman–Crippen MR) is 105 cm³/mol. The van der Waals surface area contributed by atoms with Crippen LogP contribution in [0.25, 0.3) is 0 Å². The van der Waals surface area contributed by atoms with Gasteiger partial charge in [0.15, 0.2) is 6.61 Å². The van der Waals surface area contributed by atoms with Gasteiger partial charge in [0.1, 0.15) is 5.75 Å². The van der Waals surface area contributed by atoms with E-state index in [0.29, 0.717) is 17.2 Å². The highest BCUT2D eigenvalue weighted by Gasteiger charge is 2.22. The van der Waals surface area contributed by atoms with Crippen LogP contribution < -0.4 is 4.74 Å². The molecule has 1 aliphatic heterocycles. The fourth-order valence-electron chi connectivity index (χ4n) is 3.46. The van der Waals surface area contributed by atoms with Gasteiger partial charge in [-0.1, -0.05) is 29.8 Å². The van der Waals surface area contributed by atoms with Crippen LogP contribution in [-0.2, 0) is 11.2 Å². The van der Waals surface area contributed by atoms with E-state index < -0.39 is 0 Å². The van der Waals surface area contributed by atoms with Gasteiger partial charge < -0.3 is 9.64 Å². The Hall–Kier alpha value is -2.80. The monoisotopic (exact) mass is 362 g/mol. The summed E-state index contributed by atoms with van der Waals surface area (Å²) in [7, 11) is 0. The second kappa shape index (κ2) is 9.23. The van der Waals surface area contributed by atoms with Crippen LogP contribution in [0.2, 0.25) is 0 Å². The summed E-state index contributed by atoms with van der Waals surface area (Å²) in [6.45, 7) is 3.80. The standard InChI is InChI=1S/C23H26N2O2/c1-18-2-4-19(5-3-18)6-7-20-12-14-25(15-13-20)23(26)17-27-22-10-8-21(16-24)9-11-22/h2-5,8-11,20H,6-7,12-15,17H2,1H3. The van der Waals surface area contributed by atoms with Gasteiger partial charge >= 0.3 is 0 Å². The third kappa shape index (κ3) is 5.59. The molecular formula is C23H26N2O2. The fraction of sp³-hybridized carbons (Fsp3) is 0.391. The van der Waals surface area contributed by atoms with Crippen LogP contribution in [0.4, 0.5) is 0 Å². The normalized spacial score (nSPS) is 14.6. The summed E-state index contributed by atoms with van der Waals surface area (Å²) in [5, 5.41) is 8.80. The number of rotatable bonds is 6. The number of nitriles is 1. The highest BCUT2D eigenvalue weighted by atomic mass is 16.5. The molecule has 4 heteroatoms. The Morgan fingerprint density at radius 1 is 1.11 bits per heavy atom. The molecule has 0 bridgehead atoms. The summed E-state index contributed by atoms with van der Waals surface area (Å²) in [6.07, 6.45) is 4.43. The first-order valence-electron chi connectivity index (χ1n) is 9.60. The second-order valence-corrected chi connectivity index (χ2v) is 7.27. The molecule has 0 saturated carbocycles. The topological polar surface area (TPSA) is 53.3 Å². The minimum absolute atomic E-state index is 0.0383. The molecule has 0 radical (unpaired) electrons. The molecule has 0 aromatic heterocycles. The van der Waals surface area contributed by atoms with Crippen molar-refractivity contribution < 1.29 is 9.53 Å². The van der Waals surface area contributed by atoms with Gasteiger partial charge in [0.2, 0.25) is 0 Å². The SMILES string of the molecule is Cc1ccc(CCC2CCN(C(=O)COc3ccc(C#N)cc3)CC2)cc1. The summed E-state index contributed by atoms with van der Waals surface area (Å²) >= 11 is 0. The number of aryl methyl sites for hydroxylation is 2. The molecule has 0 N–H and O–H groups in total. The summed E-state index contributed by atoms with van der Waals surface area (Å²) in [5.41, 5.74) is 3.28. The Labute approximate surface area is 161 Å². The van der Waals surface area contributed by atoms with Gasteiger partial charge in [-0.25, -0.2) is 0 Å². The van der Waals surface area contributed by atoms with E-state index in [2.05, 4.69) is 37.3 Å². The maximum atomic E-state index is 12.4. The first-order chi connectivity index (χ1) is 13.1.